The molecule has 1 saturated heterocycles. The third-order valence-corrected chi connectivity index (χ3v) is 9.04. The van der Waals surface area contributed by atoms with Crippen molar-refractivity contribution >= 4 is 23.6 Å². The van der Waals surface area contributed by atoms with Gasteiger partial charge in [-0.2, -0.15) is 4.73 Å². The van der Waals surface area contributed by atoms with Gasteiger partial charge in [0.05, 0.1) is 18.8 Å². The Balaban J connectivity index is 1.32. The van der Waals surface area contributed by atoms with E-state index in [1.807, 2.05) is 78.9 Å². The minimum Gasteiger partial charge on any atom is -0.618 e. The molecule has 4 aromatic rings. The van der Waals surface area contributed by atoms with Crippen molar-refractivity contribution in [3.8, 4) is 11.1 Å². The van der Waals surface area contributed by atoms with E-state index in [0.717, 1.165) is 38.1 Å². The lowest BCUT2D eigenvalue weighted by Crippen LogP contribution is -2.39. The van der Waals surface area contributed by atoms with Gasteiger partial charge in [-0.05, 0) is 46.9 Å². The third kappa shape index (κ3) is 8.32. The molecular formula is C36H38N2O7S. The van der Waals surface area contributed by atoms with E-state index in [-0.39, 0.29) is 30.6 Å². The fourth-order valence-electron chi connectivity index (χ4n) is 5.33. The summed E-state index contributed by atoms with van der Waals surface area (Å²) in [5, 5.41) is 25.2. The zero-order valence-corrected chi connectivity index (χ0v) is 26.8. The number of rotatable bonds is 11. The van der Waals surface area contributed by atoms with Crippen LogP contribution in [0, 0.1) is 11.1 Å². The van der Waals surface area contributed by atoms with E-state index in [9.17, 15) is 19.9 Å². The van der Waals surface area contributed by atoms with Crippen molar-refractivity contribution < 1.29 is 33.6 Å². The lowest BCUT2D eigenvalue weighted by Gasteiger charge is -2.41. The van der Waals surface area contributed by atoms with Crippen LogP contribution in [0.1, 0.15) is 55.4 Å². The van der Waals surface area contributed by atoms with E-state index in [2.05, 4.69) is 12.2 Å². The molecule has 0 saturated carbocycles. The number of hydrogen-bond acceptors (Lipinski definition) is 8. The van der Waals surface area contributed by atoms with E-state index in [4.69, 9.17) is 14.2 Å². The Hall–Kier alpha value is -4.22. The van der Waals surface area contributed by atoms with Crippen molar-refractivity contribution in [2.45, 2.75) is 63.6 Å². The van der Waals surface area contributed by atoms with Gasteiger partial charge in [-0.25, -0.2) is 0 Å². The van der Waals surface area contributed by atoms with Gasteiger partial charge >= 0.3 is 5.97 Å². The van der Waals surface area contributed by atoms with E-state index < -0.39 is 18.4 Å². The van der Waals surface area contributed by atoms with Gasteiger partial charge in [0.15, 0.2) is 18.6 Å². The first-order valence-corrected chi connectivity index (χ1v) is 16.2. The molecule has 9 nitrogen and oxygen atoms in total. The Bertz CT molecular complexity index is 1630. The van der Waals surface area contributed by atoms with Crippen LogP contribution in [0.15, 0.2) is 102 Å². The van der Waals surface area contributed by atoms with Crippen LogP contribution in [-0.4, -0.2) is 34.9 Å². The molecule has 1 fully saturated rings. The van der Waals surface area contributed by atoms with Gasteiger partial charge in [-0.15, -0.1) is 0 Å². The molecule has 0 spiro atoms. The molecule has 0 aliphatic carbocycles. The second-order valence-electron chi connectivity index (χ2n) is 11.3. The van der Waals surface area contributed by atoms with Crippen molar-refractivity contribution in [1.29, 1.82) is 0 Å². The number of aliphatic hydroxyl groups excluding tert-OH is 1. The minimum absolute atomic E-state index is 0.00736. The molecule has 1 amide bonds. The zero-order valence-electron chi connectivity index (χ0n) is 26.0. The van der Waals surface area contributed by atoms with Crippen LogP contribution in [-0.2, 0) is 37.0 Å². The second-order valence-corrected chi connectivity index (χ2v) is 12.3. The normalized spacial score (nSPS) is 20.1. The predicted octanol–water partition coefficient (Wildman–Crippen LogP) is 5.63. The number of nitrogens with one attached hydrogen (secondary N) is 1. The zero-order chi connectivity index (χ0) is 32.6. The quantitative estimate of drug-likeness (QED) is 0.0935. The van der Waals surface area contributed by atoms with Crippen LogP contribution in [0.2, 0.25) is 0 Å². The highest BCUT2D eigenvalue weighted by atomic mass is 32.2. The van der Waals surface area contributed by atoms with E-state index in [1.54, 1.807) is 12.1 Å². The second kappa shape index (κ2) is 15.4. The lowest BCUT2D eigenvalue weighted by molar-refractivity contribution is -0.645. The molecule has 5 atom stereocenters. The molecule has 5 unspecified atom stereocenters. The monoisotopic (exact) mass is 642 g/mol. The number of esters is 1. The minimum atomic E-state index is -0.862. The SMILES string of the molecule is CC(=O)OC(C)C(=O)NCc1cccc(-c2ccc(C3OC(CSc4cccc[n+]4[O-])C(C)C(c4ccc(CO)cc4)O3)cc2)c1. The molecule has 0 radical (unpaired) electrons. The Morgan fingerprint density at radius 3 is 2.39 bits per heavy atom. The summed E-state index contributed by atoms with van der Waals surface area (Å²) in [5.74, 6) is -0.300. The number of nitrogens with zero attached hydrogens (tertiary/aromatic N) is 1. The molecule has 2 heterocycles. The highest BCUT2D eigenvalue weighted by Gasteiger charge is 2.38. The maximum absolute atomic E-state index is 12.3. The van der Waals surface area contributed by atoms with E-state index >= 15 is 0 Å². The number of aromatic nitrogens is 1. The first kappa shape index (κ1) is 33.2. The third-order valence-electron chi connectivity index (χ3n) is 7.93. The van der Waals surface area contributed by atoms with Gasteiger partial charge in [0, 0.05) is 42.8 Å². The largest absolute Gasteiger partial charge is 0.618 e. The lowest BCUT2D eigenvalue weighted by atomic mass is 9.91. The molecule has 10 heteroatoms. The summed E-state index contributed by atoms with van der Waals surface area (Å²) < 4.78 is 18.9. The van der Waals surface area contributed by atoms with Crippen LogP contribution in [0.4, 0.5) is 0 Å². The van der Waals surface area contributed by atoms with Gasteiger partial charge in [-0.1, -0.05) is 85.4 Å². The van der Waals surface area contributed by atoms with E-state index in [1.165, 1.54) is 31.8 Å². The number of carbonyl (C=O) groups excluding carboxylic acids is 2. The summed E-state index contributed by atoms with van der Waals surface area (Å²) in [6.07, 6.45) is -0.470. The molecule has 46 heavy (non-hydrogen) atoms. The average molecular weight is 643 g/mol. The van der Waals surface area contributed by atoms with Crippen molar-refractivity contribution in [1.82, 2.24) is 5.32 Å². The first-order chi connectivity index (χ1) is 22.2. The molecule has 1 aliphatic rings. The molecule has 3 aromatic carbocycles. The molecule has 240 valence electrons. The predicted molar refractivity (Wildman–Crippen MR) is 174 cm³/mol. The Morgan fingerprint density at radius 2 is 1.70 bits per heavy atom. The highest BCUT2D eigenvalue weighted by molar-refractivity contribution is 7.99. The number of hydrogen-bond donors (Lipinski definition) is 2. The van der Waals surface area contributed by atoms with Crippen LogP contribution in [0.5, 0.6) is 0 Å². The average Bonchev–Trinajstić information content (AvgIpc) is 3.07. The molecular weight excluding hydrogens is 604 g/mol. The number of amides is 1. The summed E-state index contributed by atoms with van der Waals surface area (Å²) in [7, 11) is 0. The van der Waals surface area contributed by atoms with Crippen molar-refractivity contribution in [3.63, 3.8) is 0 Å². The molecule has 0 bridgehead atoms. The van der Waals surface area contributed by atoms with Crippen molar-refractivity contribution in [2.24, 2.45) is 5.92 Å². The number of pyridine rings is 1. The van der Waals surface area contributed by atoms with Gasteiger partial charge in [-0.3, -0.25) is 9.59 Å². The highest BCUT2D eigenvalue weighted by Crippen LogP contribution is 2.43. The van der Waals surface area contributed by atoms with Gasteiger partial charge < -0.3 is 29.8 Å². The van der Waals surface area contributed by atoms with E-state index in [0.29, 0.717) is 17.3 Å². The summed E-state index contributed by atoms with van der Waals surface area (Å²) in [4.78, 5) is 23.4. The van der Waals surface area contributed by atoms with Crippen LogP contribution < -0.4 is 10.0 Å². The summed E-state index contributed by atoms with van der Waals surface area (Å²) in [6.45, 7) is 5.17. The first-order valence-electron chi connectivity index (χ1n) is 15.2. The fourth-order valence-corrected chi connectivity index (χ4v) is 6.41. The number of ether oxygens (including phenoxy) is 3. The number of aliphatic hydroxyl groups is 1. The van der Waals surface area contributed by atoms with Gasteiger partial charge in [0.1, 0.15) is 0 Å². The fraction of sp³-hybridized carbons (Fsp3) is 0.306. The summed E-state index contributed by atoms with van der Waals surface area (Å²) >= 11 is 1.46. The smallest absolute Gasteiger partial charge is 0.303 e. The summed E-state index contributed by atoms with van der Waals surface area (Å²) in [5.41, 5.74) is 5.57. The van der Waals surface area contributed by atoms with Crippen molar-refractivity contribution in [2.75, 3.05) is 5.75 Å². The Morgan fingerprint density at radius 1 is 0.957 bits per heavy atom. The standard InChI is InChI=1S/C36H38N2O7S/c1-23-32(22-46-33-9-4-5-18-38(33)42)44-36(45-34(23)29-12-10-26(21-39)11-13-29)30-16-14-28(15-17-30)31-8-6-7-27(19-31)20-37-35(41)24(2)43-25(3)40/h4-19,23-24,32,34,36,39H,20-22H2,1-3H3,(H,37,41). The van der Waals surface area contributed by atoms with Crippen LogP contribution in [0.3, 0.4) is 0 Å². The number of carbonyl (C=O) groups is 2. The maximum atomic E-state index is 12.3. The number of benzene rings is 3. The number of thioether (sulfide) groups is 1. The molecule has 2 N–H and O–H groups in total. The molecule has 5 rings (SSSR count). The van der Waals surface area contributed by atoms with Crippen LogP contribution in [0.25, 0.3) is 11.1 Å². The maximum Gasteiger partial charge on any atom is 0.303 e. The Labute approximate surface area is 273 Å². The van der Waals surface area contributed by atoms with Crippen molar-refractivity contribution in [3.05, 3.63) is 125 Å². The molecule has 1 aliphatic heterocycles. The molecule has 1 aromatic heterocycles. The Kier molecular flexibility index (Phi) is 11.1. The van der Waals surface area contributed by atoms with Gasteiger partial charge in [0.25, 0.3) is 10.9 Å². The van der Waals surface area contributed by atoms with Gasteiger partial charge in [0.2, 0.25) is 0 Å². The topological polar surface area (TPSA) is 121 Å². The van der Waals surface area contributed by atoms with Crippen LogP contribution >= 0.6 is 11.8 Å². The summed E-state index contributed by atoms with van der Waals surface area (Å²) in [6, 6.07) is 29.0.